The first-order valence-electron chi connectivity index (χ1n) is 11.0. The molecule has 0 spiro atoms. The summed E-state index contributed by atoms with van der Waals surface area (Å²) in [5, 5.41) is 0. The van der Waals surface area contributed by atoms with Crippen molar-refractivity contribution >= 4 is 16.9 Å². The van der Waals surface area contributed by atoms with Gasteiger partial charge in [0.15, 0.2) is 0 Å². The average Bonchev–Trinajstić information content (AvgIpc) is 3.30. The normalized spacial score (nSPS) is 16.8. The van der Waals surface area contributed by atoms with Crippen LogP contribution in [-0.4, -0.2) is 39.0 Å². The van der Waals surface area contributed by atoms with Crippen LogP contribution in [0.4, 0.5) is 0 Å². The number of imidazole rings is 1. The van der Waals surface area contributed by atoms with Gasteiger partial charge in [-0.25, -0.2) is 4.98 Å². The number of amides is 1. The number of ether oxygens (including phenoxy) is 1. The maximum absolute atomic E-state index is 12.7. The van der Waals surface area contributed by atoms with Crippen LogP contribution in [0.15, 0.2) is 61.2 Å². The number of hydrogen-bond acceptors (Lipinski definition) is 3. The van der Waals surface area contributed by atoms with E-state index in [0.29, 0.717) is 26.1 Å². The number of para-hydroxylation sites is 3. The molecule has 5 heteroatoms. The Morgan fingerprint density at radius 1 is 1.16 bits per heavy atom. The molecule has 0 N–H and O–H groups in total. The van der Waals surface area contributed by atoms with Gasteiger partial charge in [0.2, 0.25) is 5.91 Å². The fourth-order valence-electron chi connectivity index (χ4n) is 4.39. The van der Waals surface area contributed by atoms with Crippen molar-refractivity contribution in [2.45, 2.75) is 51.6 Å². The Hall–Kier alpha value is -3.08. The fraction of sp³-hybridized carbons (Fsp3) is 0.385. The van der Waals surface area contributed by atoms with E-state index in [1.165, 1.54) is 0 Å². The second-order valence-corrected chi connectivity index (χ2v) is 9.14. The monoisotopic (exact) mass is 417 g/mol. The number of allylic oxidation sites excluding steroid dienone is 1. The van der Waals surface area contributed by atoms with Gasteiger partial charge < -0.3 is 14.2 Å². The fourth-order valence-corrected chi connectivity index (χ4v) is 4.39. The van der Waals surface area contributed by atoms with Crippen molar-refractivity contribution in [2.75, 3.05) is 13.2 Å². The van der Waals surface area contributed by atoms with Gasteiger partial charge in [-0.05, 0) is 51.0 Å². The molecule has 31 heavy (non-hydrogen) atoms. The van der Waals surface area contributed by atoms with E-state index in [-0.39, 0.29) is 17.4 Å². The maximum atomic E-state index is 12.7. The van der Waals surface area contributed by atoms with Crippen LogP contribution in [0, 0.1) is 0 Å². The molecule has 2 aromatic carbocycles. The van der Waals surface area contributed by atoms with Gasteiger partial charge in [0.1, 0.15) is 18.2 Å². The molecule has 0 aliphatic carbocycles. The molecule has 1 fully saturated rings. The molecule has 1 aliphatic rings. The Morgan fingerprint density at radius 2 is 1.90 bits per heavy atom. The van der Waals surface area contributed by atoms with Crippen molar-refractivity contribution in [3.63, 3.8) is 0 Å². The number of carbonyl (C=O) groups excluding carboxylic acids is 1. The summed E-state index contributed by atoms with van der Waals surface area (Å²) >= 11 is 0. The van der Waals surface area contributed by atoms with Crippen LogP contribution in [0.1, 0.15) is 44.5 Å². The van der Waals surface area contributed by atoms with Crippen LogP contribution >= 0.6 is 0 Å². The van der Waals surface area contributed by atoms with Gasteiger partial charge in [-0.2, -0.15) is 0 Å². The molecule has 3 aromatic rings. The van der Waals surface area contributed by atoms with Crippen LogP contribution in [0.3, 0.4) is 0 Å². The highest BCUT2D eigenvalue weighted by atomic mass is 16.5. The largest absolute Gasteiger partial charge is 0.491 e. The van der Waals surface area contributed by atoms with Crippen LogP contribution in [0.5, 0.6) is 5.75 Å². The first-order chi connectivity index (χ1) is 14.9. The zero-order valence-corrected chi connectivity index (χ0v) is 18.7. The van der Waals surface area contributed by atoms with Crippen LogP contribution < -0.4 is 4.74 Å². The number of likely N-dealkylation sites (tertiary alicyclic amines) is 1. The third kappa shape index (κ3) is 4.36. The maximum Gasteiger partial charge on any atom is 0.223 e. The molecule has 1 aliphatic heterocycles. The Bertz CT molecular complexity index is 1090. The van der Waals surface area contributed by atoms with Gasteiger partial charge in [0.05, 0.1) is 17.6 Å². The Labute approximate surface area is 184 Å². The van der Waals surface area contributed by atoms with E-state index in [2.05, 4.69) is 44.0 Å². The summed E-state index contributed by atoms with van der Waals surface area (Å²) in [5.74, 6) is 2.16. The summed E-state index contributed by atoms with van der Waals surface area (Å²) in [4.78, 5) is 19.6. The van der Waals surface area contributed by atoms with Gasteiger partial charge in [0.25, 0.3) is 0 Å². The molecular formula is C26H31N3O2. The first-order valence-corrected chi connectivity index (χ1v) is 11.0. The highest BCUT2D eigenvalue weighted by molar-refractivity contribution is 5.81. The SMILES string of the molecule is C=CCc1ccccc1OCCn1c(C2CC(=O)N(C(C)(C)C)C2)nc2ccccc21. The lowest BCUT2D eigenvalue weighted by Gasteiger charge is -2.32. The van der Waals surface area contributed by atoms with Crippen molar-refractivity contribution in [3.8, 4) is 5.75 Å². The van der Waals surface area contributed by atoms with Gasteiger partial charge in [-0.15, -0.1) is 6.58 Å². The molecule has 0 saturated carbocycles. The molecule has 1 atom stereocenters. The standard InChI is InChI=1S/C26H31N3O2/c1-5-10-19-11-6-9-14-23(19)31-16-15-28-22-13-8-7-12-21(22)27-25(28)20-17-24(30)29(18-20)26(2,3)4/h5-9,11-14,20H,1,10,15-18H2,2-4H3. The Kier molecular flexibility index (Phi) is 5.86. The summed E-state index contributed by atoms with van der Waals surface area (Å²) in [5.41, 5.74) is 3.00. The second-order valence-electron chi connectivity index (χ2n) is 9.14. The van der Waals surface area contributed by atoms with Crippen molar-refractivity contribution in [1.82, 2.24) is 14.5 Å². The van der Waals surface area contributed by atoms with E-state index in [0.717, 1.165) is 34.6 Å². The lowest BCUT2D eigenvalue weighted by molar-refractivity contribution is -0.131. The summed E-state index contributed by atoms with van der Waals surface area (Å²) < 4.78 is 8.38. The second kappa shape index (κ2) is 8.58. The van der Waals surface area contributed by atoms with E-state index in [1.807, 2.05) is 47.4 Å². The minimum Gasteiger partial charge on any atom is -0.491 e. The number of fused-ring (bicyclic) bond motifs is 1. The quantitative estimate of drug-likeness (QED) is 0.511. The number of aromatic nitrogens is 2. The van der Waals surface area contributed by atoms with Crippen molar-refractivity contribution in [3.05, 3.63) is 72.6 Å². The van der Waals surface area contributed by atoms with Crippen LogP contribution in [0.2, 0.25) is 0 Å². The summed E-state index contributed by atoms with van der Waals surface area (Å²) in [7, 11) is 0. The van der Waals surface area contributed by atoms with Crippen LogP contribution in [-0.2, 0) is 17.8 Å². The van der Waals surface area contributed by atoms with Crippen LogP contribution in [0.25, 0.3) is 11.0 Å². The number of hydrogen-bond donors (Lipinski definition) is 0. The molecular weight excluding hydrogens is 386 g/mol. The van der Waals surface area contributed by atoms with E-state index in [1.54, 1.807) is 0 Å². The summed E-state index contributed by atoms with van der Waals surface area (Å²) in [6.45, 7) is 12.0. The summed E-state index contributed by atoms with van der Waals surface area (Å²) in [6.07, 6.45) is 3.17. The predicted octanol–water partition coefficient (Wildman–Crippen LogP) is 4.96. The van der Waals surface area contributed by atoms with Crippen molar-refractivity contribution < 1.29 is 9.53 Å². The summed E-state index contributed by atoms with van der Waals surface area (Å²) in [6, 6.07) is 16.3. The Morgan fingerprint density at radius 3 is 2.65 bits per heavy atom. The number of nitrogens with zero attached hydrogens (tertiary/aromatic N) is 3. The van der Waals surface area contributed by atoms with Gasteiger partial charge in [-0.1, -0.05) is 36.4 Å². The molecule has 1 amide bonds. The number of benzene rings is 2. The number of rotatable bonds is 7. The first kappa shape index (κ1) is 21.2. The molecule has 0 bridgehead atoms. The molecule has 1 aromatic heterocycles. The molecule has 0 radical (unpaired) electrons. The topological polar surface area (TPSA) is 47.4 Å². The molecule has 162 valence electrons. The molecule has 1 unspecified atom stereocenters. The lowest BCUT2D eigenvalue weighted by Crippen LogP contribution is -2.42. The van der Waals surface area contributed by atoms with E-state index >= 15 is 0 Å². The third-order valence-electron chi connectivity index (χ3n) is 5.89. The highest BCUT2D eigenvalue weighted by Gasteiger charge is 2.38. The van der Waals surface area contributed by atoms with Gasteiger partial charge in [-0.3, -0.25) is 4.79 Å². The van der Waals surface area contributed by atoms with E-state index < -0.39 is 0 Å². The molecule has 5 nitrogen and oxygen atoms in total. The smallest absolute Gasteiger partial charge is 0.223 e. The van der Waals surface area contributed by atoms with Crippen molar-refractivity contribution in [2.24, 2.45) is 0 Å². The van der Waals surface area contributed by atoms with Gasteiger partial charge >= 0.3 is 0 Å². The highest BCUT2D eigenvalue weighted by Crippen LogP contribution is 2.34. The molecule has 2 heterocycles. The average molecular weight is 418 g/mol. The Balaban J connectivity index is 1.58. The lowest BCUT2D eigenvalue weighted by atomic mass is 10.1. The number of carbonyl (C=O) groups is 1. The van der Waals surface area contributed by atoms with Gasteiger partial charge in [0, 0.05) is 24.4 Å². The van der Waals surface area contributed by atoms with E-state index in [9.17, 15) is 4.79 Å². The molecule has 4 rings (SSSR count). The van der Waals surface area contributed by atoms with Crippen molar-refractivity contribution in [1.29, 1.82) is 0 Å². The minimum absolute atomic E-state index is 0.0900. The minimum atomic E-state index is -0.180. The third-order valence-corrected chi connectivity index (χ3v) is 5.89. The van der Waals surface area contributed by atoms with E-state index in [4.69, 9.17) is 9.72 Å². The molecule has 1 saturated heterocycles. The predicted molar refractivity (Wildman–Crippen MR) is 124 cm³/mol. The zero-order chi connectivity index (χ0) is 22.0. The zero-order valence-electron chi connectivity index (χ0n) is 18.7.